The first-order valence-corrected chi connectivity index (χ1v) is 4.02. The molecule has 2 unspecified atom stereocenters. The van der Waals surface area contributed by atoms with Crippen LogP contribution < -0.4 is 0 Å². The number of carbonyl (C=O) groups excluding carboxylic acids is 2. The van der Waals surface area contributed by atoms with Crippen molar-refractivity contribution in [1.82, 2.24) is 0 Å². The van der Waals surface area contributed by atoms with Crippen LogP contribution in [0, 0.1) is 11.8 Å². The summed E-state index contributed by atoms with van der Waals surface area (Å²) in [6.45, 7) is 3.79. The zero-order valence-corrected chi connectivity index (χ0v) is 7.24. The van der Waals surface area contributed by atoms with Crippen LogP contribution in [0.4, 0.5) is 0 Å². The van der Waals surface area contributed by atoms with Crippen LogP contribution in [0.25, 0.3) is 0 Å². The molecule has 0 N–H and O–H groups in total. The predicted octanol–water partition coefficient (Wildman–Crippen LogP) is 1.29. The fraction of sp³-hybridized carbons (Fsp3) is 0.556. The second-order valence-electron chi connectivity index (χ2n) is 2.99. The third-order valence-corrected chi connectivity index (χ3v) is 2.03. The van der Waals surface area contributed by atoms with Crippen molar-refractivity contribution in [3.05, 3.63) is 12.2 Å². The van der Waals surface area contributed by atoms with E-state index in [9.17, 15) is 9.59 Å². The van der Waals surface area contributed by atoms with Crippen molar-refractivity contribution in [3.63, 3.8) is 0 Å². The summed E-state index contributed by atoms with van der Waals surface area (Å²) >= 11 is 0. The van der Waals surface area contributed by atoms with E-state index in [1.807, 2.05) is 26.0 Å². The molecule has 0 aromatic rings. The molecule has 66 valence electrons. The highest BCUT2D eigenvalue weighted by Crippen LogP contribution is 2.24. The van der Waals surface area contributed by atoms with Gasteiger partial charge in [0.05, 0.1) is 12.3 Å². The summed E-state index contributed by atoms with van der Waals surface area (Å²) in [4.78, 5) is 21.7. The second kappa shape index (κ2) is 3.52. The monoisotopic (exact) mass is 168 g/mol. The van der Waals surface area contributed by atoms with E-state index in [2.05, 4.69) is 4.74 Å². The van der Waals surface area contributed by atoms with E-state index in [0.717, 1.165) is 0 Å². The maximum absolute atomic E-state index is 11.0. The minimum Gasteiger partial charge on any atom is -0.393 e. The number of cyclic esters (lactones) is 2. The van der Waals surface area contributed by atoms with Gasteiger partial charge in [-0.3, -0.25) is 9.59 Å². The number of carbonyl (C=O) groups is 2. The molecule has 0 spiro atoms. The van der Waals surface area contributed by atoms with Crippen molar-refractivity contribution in [3.8, 4) is 0 Å². The summed E-state index contributed by atoms with van der Waals surface area (Å²) in [7, 11) is 0. The molecule has 0 bridgehead atoms. The fourth-order valence-corrected chi connectivity index (χ4v) is 1.33. The largest absolute Gasteiger partial charge is 0.393 e. The Bertz CT molecular complexity index is 230. The van der Waals surface area contributed by atoms with Gasteiger partial charge in [-0.25, -0.2) is 0 Å². The minimum atomic E-state index is -0.402. The van der Waals surface area contributed by atoms with Gasteiger partial charge in [0.1, 0.15) is 0 Å². The molecule has 0 aliphatic carbocycles. The van der Waals surface area contributed by atoms with Crippen molar-refractivity contribution >= 4 is 11.9 Å². The molecule has 1 saturated heterocycles. The molecular formula is C9H12O3. The molecule has 0 saturated carbocycles. The molecule has 0 radical (unpaired) electrons. The van der Waals surface area contributed by atoms with Crippen molar-refractivity contribution in [2.24, 2.45) is 11.8 Å². The van der Waals surface area contributed by atoms with E-state index in [1.165, 1.54) is 0 Å². The fourth-order valence-electron chi connectivity index (χ4n) is 1.33. The summed E-state index contributed by atoms with van der Waals surface area (Å²) in [5, 5.41) is 0. The first kappa shape index (κ1) is 8.97. The molecule has 0 amide bonds. The van der Waals surface area contributed by atoms with Crippen LogP contribution in [0.5, 0.6) is 0 Å². The van der Waals surface area contributed by atoms with Crippen LogP contribution in [-0.2, 0) is 14.3 Å². The second-order valence-corrected chi connectivity index (χ2v) is 2.99. The Morgan fingerprint density at radius 1 is 1.58 bits per heavy atom. The molecule has 3 nitrogen and oxygen atoms in total. The van der Waals surface area contributed by atoms with E-state index in [4.69, 9.17) is 0 Å². The highest BCUT2D eigenvalue weighted by molar-refractivity contribution is 5.94. The van der Waals surface area contributed by atoms with Gasteiger partial charge in [0, 0.05) is 0 Å². The van der Waals surface area contributed by atoms with Crippen LogP contribution >= 0.6 is 0 Å². The van der Waals surface area contributed by atoms with Gasteiger partial charge < -0.3 is 4.74 Å². The van der Waals surface area contributed by atoms with Gasteiger partial charge >= 0.3 is 11.9 Å². The lowest BCUT2D eigenvalue weighted by atomic mass is 9.92. The predicted molar refractivity (Wildman–Crippen MR) is 43.2 cm³/mol. The van der Waals surface area contributed by atoms with E-state index in [1.54, 1.807) is 0 Å². The zero-order chi connectivity index (χ0) is 9.14. The first-order chi connectivity index (χ1) is 5.65. The highest BCUT2D eigenvalue weighted by atomic mass is 16.6. The number of ether oxygens (including phenoxy) is 1. The van der Waals surface area contributed by atoms with Gasteiger partial charge in [0.25, 0.3) is 0 Å². The van der Waals surface area contributed by atoms with Gasteiger partial charge in [-0.05, 0) is 12.8 Å². The Balaban J connectivity index is 2.63. The summed E-state index contributed by atoms with van der Waals surface area (Å²) in [5.41, 5.74) is 0. The standard InChI is InChI=1S/C9H12O3/c1-3-4-6(2)7-5-8(10)12-9(7)11/h3-4,6-7H,5H2,1-2H3/b4-3+. The Labute approximate surface area is 71.4 Å². The van der Waals surface area contributed by atoms with Crippen LogP contribution in [-0.4, -0.2) is 11.9 Å². The molecule has 12 heavy (non-hydrogen) atoms. The lowest BCUT2D eigenvalue weighted by molar-refractivity contribution is -0.153. The molecule has 1 fully saturated rings. The van der Waals surface area contributed by atoms with Crippen LogP contribution in [0.1, 0.15) is 20.3 Å². The Morgan fingerprint density at radius 3 is 2.67 bits per heavy atom. The third-order valence-electron chi connectivity index (χ3n) is 2.03. The molecule has 3 heteroatoms. The summed E-state index contributed by atoms with van der Waals surface area (Å²) in [6.07, 6.45) is 4.01. The zero-order valence-electron chi connectivity index (χ0n) is 7.24. The van der Waals surface area contributed by atoms with Gasteiger partial charge in [0.15, 0.2) is 0 Å². The molecule has 1 rings (SSSR count). The topological polar surface area (TPSA) is 43.4 Å². The SMILES string of the molecule is C/C=C/C(C)C1CC(=O)OC1=O. The van der Waals surface area contributed by atoms with Crippen molar-refractivity contribution in [2.45, 2.75) is 20.3 Å². The van der Waals surface area contributed by atoms with E-state index < -0.39 is 5.97 Å². The Hall–Kier alpha value is -1.12. The maximum atomic E-state index is 11.0. The molecule has 1 aliphatic heterocycles. The van der Waals surface area contributed by atoms with E-state index >= 15 is 0 Å². The maximum Gasteiger partial charge on any atom is 0.317 e. The Kier molecular flexibility index (Phi) is 2.63. The summed E-state index contributed by atoms with van der Waals surface area (Å²) in [5.74, 6) is -0.963. The number of hydrogen-bond donors (Lipinski definition) is 0. The number of rotatable bonds is 2. The number of esters is 2. The van der Waals surface area contributed by atoms with Crippen molar-refractivity contribution in [1.29, 1.82) is 0 Å². The molecule has 1 aliphatic rings. The lowest BCUT2D eigenvalue weighted by Crippen LogP contribution is -2.14. The van der Waals surface area contributed by atoms with Crippen LogP contribution in [0.3, 0.4) is 0 Å². The quantitative estimate of drug-likeness (QED) is 0.354. The number of allylic oxidation sites excluding steroid dienone is 2. The van der Waals surface area contributed by atoms with E-state index in [-0.39, 0.29) is 24.2 Å². The highest BCUT2D eigenvalue weighted by Gasteiger charge is 2.36. The average Bonchev–Trinajstić information content (AvgIpc) is 2.30. The van der Waals surface area contributed by atoms with Gasteiger partial charge in [0.2, 0.25) is 0 Å². The Morgan fingerprint density at radius 2 is 2.25 bits per heavy atom. The summed E-state index contributed by atoms with van der Waals surface area (Å²) in [6, 6.07) is 0. The van der Waals surface area contributed by atoms with Gasteiger partial charge in [-0.2, -0.15) is 0 Å². The van der Waals surface area contributed by atoms with Crippen LogP contribution in [0.2, 0.25) is 0 Å². The number of hydrogen-bond acceptors (Lipinski definition) is 3. The average molecular weight is 168 g/mol. The summed E-state index contributed by atoms with van der Waals surface area (Å²) < 4.78 is 4.43. The molecular weight excluding hydrogens is 156 g/mol. The smallest absolute Gasteiger partial charge is 0.317 e. The molecule has 1 heterocycles. The van der Waals surface area contributed by atoms with Gasteiger partial charge in [-0.1, -0.05) is 19.1 Å². The third kappa shape index (κ3) is 1.72. The molecule has 0 aromatic heterocycles. The van der Waals surface area contributed by atoms with Crippen LogP contribution in [0.15, 0.2) is 12.2 Å². The normalized spacial score (nSPS) is 26.3. The minimum absolute atomic E-state index is 0.0916. The lowest BCUT2D eigenvalue weighted by Gasteiger charge is -2.08. The van der Waals surface area contributed by atoms with E-state index in [0.29, 0.717) is 0 Å². The van der Waals surface area contributed by atoms with Crippen molar-refractivity contribution in [2.75, 3.05) is 0 Å². The molecule has 0 aromatic carbocycles. The van der Waals surface area contributed by atoms with Gasteiger partial charge in [-0.15, -0.1) is 0 Å². The first-order valence-electron chi connectivity index (χ1n) is 4.02. The molecule has 2 atom stereocenters. The van der Waals surface area contributed by atoms with Crippen molar-refractivity contribution < 1.29 is 14.3 Å².